The summed E-state index contributed by atoms with van der Waals surface area (Å²) in [4.78, 5) is 11.8. The van der Waals surface area contributed by atoms with Crippen molar-refractivity contribution in [1.29, 1.82) is 0 Å². The van der Waals surface area contributed by atoms with E-state index in [-0.39, 0.29) is 17.3 Å². The van der Waals surface area contributed by atoms with Gasteiger partial charge in [-0.25, -0.2) is 13.6 Å². The molecule has 0 spiro atoms. The summed E-state index contributed by atoms with van der Waals surface area (Å²) in [5, 5.41) is 7.69. The Bertz CT molecular complexity index is 722. The van der Waals surface area contributed by atoms with Gasteiger partial charge in [0.15, 0.2) is 4.67 Å². The molecule has 1 aromatic heterocycles. The van der Waals surface area contributed by atoms with Crippen molar-refractivity contribution in [3.63, 3.8) is 0 Å². The van der Waals surface area contributed by atoms with Crippen molar-refractivity contribution < 1.29 is 17.6 Å². The summed E-state index contributed by atoms with van der Waals surface area (Å²) >= 11 is 3.12. The van der Waals surface area contributed by atoms with Gasteiger partial charge in [0.1, 0.15) is 0 Å². The Hall–Kier alpha value is -1.64. The zero-order valence-electron chi connectivity index (χ0n) is 10.2. The fourth-order valence-electron chi connectivity index (χ4n) is 1.53. The predicted molar refractivity (Wildman–Crippen MR) is 75.4 cm³/mol. The van der Waals surface area contributed by atoms with Crippen molar-refractivity contribution in [3.8, 4) is 0 Å². The standard InChI is InChI=1S/C12H11BrN2O4S/c13-11-10(5-6-19-11)12(16)15-7-8-1-3-9(4-2-8)20(14,17)18/h1-6H,7H2,(H,15,16)(H2,14,17,18). The number of halogens is 1. The lowest BCUT2D eigenvalue weighted by Gasteiger charge is -2.05. The molecule has 1 heterocycles. The van der Waals surface area contributed by atoms with E-state index in [9.17, 15) is 13.2 Å². The van der Waals surface area contributed by atoms with Gasteiger partial charge in [-0.1, -0.05) is 12.1 Å². The lowest BCUT2D eigenvalue weighted by atomic mass is 10.2. The molecule has 106 valence electrons. The van der Waals surface area contributed by atoms with Gasteiger partial charge in [0.2, 0.25) is 10.0 Å². The highest BCUT2D eigenvalue weighted by atomic mass is 79.9. The van der Waals surface area contributed by atoms with Crippen molar-refractivity contribution >= 4 is 31.9 Å². The number of amides is 1. The van der Waals surface area contributed by atoms with E-state index in [1.807, 2.05) is 0 Å². The van der Waals surface area contributed by atoms with Gasteiger partial charge in [0.25, 0.3) is 5.91 Å². The summed E-state index contributed by atoms with van der Waals surface area (Å²) in [5.41, 5.74) is 1.15. The van der Waals surface area contributed by atoms with Gasteiger partial charge in [0, 0.05) is 6.54 Å². The fraction of sp³-hybridized carbons (Fsp3) is 0.0833. The minimum absolute atomic E-state index is 0.0326. The molecular weight excluding hydrogens is 348 g/mol. The Kier molecular flexibility index (Phi) is 4.26. The second-order valence-electron chi connectivity index (χ2n) is 3.98. The van der Waals surface area contributed by atoms with E-state index < -0.39 is 10.0 Å². The number of primary sulfonamides is 1. The molecule has 0 aliphatic rings. The number of carbonyl (C=O) groups excluding carboxylic acids is 1. The molecule has 8 heteroatoms. The van der Waals surface area contributed by atoms with E-state index >= 15 is 0 Å². The number of benzene rings is 1. The number of nitrogens with one attached hydrogen (secondary N) is 1. The van der Waals surface area contributed by atoms with Crippen LogP contribution in [0.5, 0.6) is 0 Å². The summed E-state index contributed by atoms with van der Waals surface area (Å²) in [7, 11) is -3.70. The highest BCUT2D eigenvalue weighted by Crippen LogP contribution is 2.17. The first-order valence-corrected chi connectivity index (χ1v) is 7.85. The third-order valence-corrected chi connectivity index (χ3v) is 4.11. The van der Waals surface area contributed by atoms with Crippen LogP contribution >= 0.6 is 15.9 Å². The van der Waals surface area contributed by atoms with Gasteiger partial charge in [-0.2, -0.15) is 0 Å². The molecule has 0 unspecified atom stereocenters. The third-order valence-electron chi connectivity index (χ3n) is 2.57. The molecular formula is C12H11BrN2O4S. The summed E-state index contributed by atoms with van der Waals surface area (Å²) < 4.78 is 27.5. The third kappa shape index (κ3) is 3.47. The normalized spacial score (nSPS) is 11.3. The van der Waals surface area contributed by atoms with Gasteiger partial charge in [-0.3, -0.25) is 4.79 Å². The summed E-state index contributed by atoms with van der Waals surface area (Å²) in [6.45, 7) is 0.265. The van der Waals surface area contributed by atoms with Crippen LogP contribution in [0.2, 0.25) is 0 Å². The summed E-state index contributed by atoms with van der Waals surface area (Å²) in [5.74, 6) is -0.291. The number of rotatable bonds is 4. The largest absolute Gasteiger partial charge is 0.457 e. The van der Waals surface area contributed by atoms with Crippen LogP contribution in [0.4, 0.5) is 0 Å². The van der Waals surface area contributed by atoms with Crippen LogP contribution in [0.25, 0.3) is 0 Å². The minimum Gasteiger partial charge on any atom is -0.457 e. The Morgan fingerprint density at radius 1 is 1.25 bits per heavy atom. The van der Waals surface area contributed by atoms with Crippen LogP contribution in [0.15, 0.2) is 50.6 Å². The van der Waals surface area contributed by atoms with Crippen LogP contribution in [0, 0.1) is 0 Å². The van der Waals surface area contributed by atoms with Crippen LogP contribution in [0.1, 0.15) is 15.9 Å². The minimum atomic E-state index is -3.70. The molecule has 0 saturated carbocycles. The van der Waals surface area contributed by atoms with E-state index in [0.717, 1.165) is 5.56 Å². The Labute approximate surface area is 124 Å². The van der Waals surface area contributed by atoms with E-state index in [2.05, 4.69) is 21.2 Å². The van der Waals surface area contributed by atoms with E-state index in [0.29, 0.717) is 10.2 Å². The van der Waals surface area contributed by atoms with Crippen LogP contribution in [-0.2, 0) is 16.6 Å². The second-order valence-corrected chi connectivity index (χ2v) is 6.26. The van der Waals surface area contributed by atoms with Gasteiger partial charge in [-0.05, 0) is 39.7 Å². The molecule has 0 aliphatic heterocycles. The molecule has 0 atom stereocenters. The smallest absolute Gasteiger partial charge is 0.256 e. The molecule has 3 N–H and O–H groups in total. The molecule has 6 nitrogen and oxygen atoms in total. The molecule has 0 fully saturated rings. The van der Waals surface area contributed by atoms with Crippen LogP contribution < -0.4 is 10.5 Å². The van der Waals surface area contributed by atoms with Crippen molar-refractivity contribution in [1.82, 2.24) is 5.32 Å². The molecule has 0 bridgehead atoms. The zero-order valence-corrected chi connectivity index (χ0v) is 12.6. The maximum Gasteiger partial charge on any atom is 0.256 e. The fourth-order valence-corrected chi connectivity index (χ4v) is 2.47. The lowest BCUT2D eigenvalue weighted by Crippen LogP contribution is -2.22. The molecule has 2 rings (SSSR count). The predicted octanol–water partition coefficient (Wildman–Crippen LogP) is 1.62. The summed E-state index contributed by atoms with van der Waals surface area (Å²) in [6, 6.07) is 7.51. The quantitative estimate of drug-likeness (QED) is 0.866. The van der Waals surface area contributed by atoms with Crippen molar-refractivity contribution in [2.45, 2.75) is 11.4 Å². The summed E-state index contributed by atoms with van der Waals surface area (Å²) in [6.07, 6.45) is 1.40. The molecule has 0 saturated heterocycles. The first kappa shape index (κ1) is 14.8. The monoisotopic (exact) mass is 358 g/mol. The second kappa shape index (κ2) is 5.78. The van der Waals surface area contributed by atoms with Crippen LogP contribution in [0.3, 0.4) is 0 Å². The average molecular weight is 359 g/mol. The maximum absolute atomic E-state index is 11.8. The number of carbonyl (C=O) groups is 1. The van der Waals surface area contributed by atoms with E-state index in [1.165, 1.54) is 18.4 Å². The Morgan fingerprint density at radius 3 is 2.40 bits per heavy atom. The zero-order chi connectivity index (χ0) is 14.8. The highest BCUT2D eigenvalue weighted by Gasteiger charge is 2.12. The van der Waals surface area contributed by atoms with Gasteiger partial charge < -0.3 is 9.73 Å². The molecule has 1 amide bonds. The first-order valence-electron chi connectivity index (χ1n) is 5.51. The topological polar surface area (TPSA) is 102 Å². The number of sulfonamides is 1. The molecule has 20 heavy (non-hydrogen) atoms. The Balaban J connectivity index is 2.02. The van der Waals surface area contributed by atoms with Gasteiger partial charge in [-0.15, -0.1) is 0 Å². The maximum atomic E-state index is 11.8. The number of furan rings is 1. The number of hydrogen-bond acceptors (Lipinski definition) is 4. The number of nitrogens with two attached hydrogens (primary N) is 1. The van der Waals surface area contributed by atoms with Crippen molar-refractivity contribution in [3.05, 3.63) is 52.4 Å². The lowest BCUT2D eigenvalue weighted by molar-refractivity contribution is 0.0949. The molecule has 0 aliphatic carbocycles. The van der Waals surface area contributed by atoms with Gasteiger partial charge in [0.05, 0.1) is 16.7 Å². The Morgan fingerprint density at radius 2 is 1.90 bits per heavy atom. The number of hydrogen-bond donors (Lipinski definition) is 2. The average Bonchev–Trinajstić information content (AvgIpc) is 2.82. The molecule has 1 aromatic carbocycles. The van der Waals surface area contributed by atoms with Crippen LogP contribution in [-0.4, -0.2) is 14.3 Å². The van der Waals surface area contributed by atoms with Crippen molar-refractivity contribution in [2.75, 3.05) is 0 Å². The van der Waals surface area contributed by atoms with E-state index in [1.54, 1.807) is 18.2 Å². The van der Waals surface area contributed by atoms with Gasteiger partial charge >= 0.3 is 0 Å². The first-order chi connectivity index (χ1) is 9.38. The molecule has 2 aromatic rings. The van der Waals surface area contributed by atoms with E-state index in [4.69, 9.17) is 9.56 Å². The molecule has 0 radical (unpaired) electrons. The SMILES string of the molecule is NS(=O)(=O)c1ccc(CNC(=O)c2ccoc2Br)cc1. The highest BCUT2D eigenvalue weighted by molar-refractivity contribution is 9.10. The van der Waals surface area contributed by atoms with Crippen molar-refractivity contribution in [2.24, 2.45) is 5.14 Å².